The van der Waals surface area contributed by atoms with Gasteiger partial charge >= 0.3 is 0 Å². The van der Waals surface area contributed by atoms with Crippen LogP contribution in [-0.4, -0.2) is 33.4 Å². The second-order valence-corrected chi connectivity index (χ2v) is 5.16. The van der Waals surface area contributed by atoms with Crippen molar-refractivity contribution in [3.63, 3.8) is 0 Å². The number of piperidine rings is 1. The number of rotatable bonds is 4. The molecule has 1 amide bonds. The lowest BCUT2D eigenvalue weighted by atomic mass is 9.97. The van der Waals surface area contributed by atoms with E-state index in [0.29, 0.717) is 12.3 Å². The number of nitrogens with zero attached hydrogens (tertiary/aromatic N) is 3. The van der Waals surface area contributed by atoms with Crippen LogP contribution in [0.3, 0.4) is 0 Å². The van der Waals surface area contributed by atoms with Gasteiger partial charge in [-0.05, 0) is 19.3 Å². The van der Waals surface area contributed by atoms with Crippen molar-refractivity contribution in [1.29, 1.82) is 0 Å². The number of hydrogen-bond donors (Lipinski definition) is 0. The molecule has 0 saturated carbocycles. The van der Waals surface area contributed by atoms with Crippen LogP contribution in [0.2, 0.25) is 0 Å². The number of likely N-dealkylation sites (tertiary alicyclic amines) is 1. The summed E-state index contributed by atoms with van der Waals surface area (Å²) in [7, 11) is 2.02. The number of carbonyl (C=O) groups excluding carboxylic acids is 1. The summed E-state index contributed by atoms with van der Waals surface area (Å²) in [6.45, 7) is 3.78. The van der Waals surface area contributed by atoms with Gasteiger partial charge in [-0.15, -0.1) is 0 Å². The van der Waals surface area contributed by atoms with Crippen LogP contribution in [0.15, 0.2) is 24.5 Å². The molecule has 1 fully saturated rings. The molecule has 1 aromatic rings. The summed E-state index contributed by atoms with van der Waals surface area (Å²) in [5.41, 5.74) is 0. The van der Waals surface area contributed by atoms with Crippen molar-refractivity contribution in [3.8, 4) is 0 Å². The molecule has 0 aliphatic carbocycles. The molecule has 1 atom stereocenters. The Bertz CT molecular complexity index is 450. The topological polar surface area (TPSA) is 38.1 Å². The summed E-state index contributed by atoms with van der Waals surface area (Å²) in [6, 6.07) is 0. The van der Waals surface area contributed by atoms with Crippen molar-refractivity contribution in [2.75, 3.05) is 13.1 Å². The first-order valence-electron chi connectivity index (χ1n) is 7.12. The predicted octanol–water partition coefficient (Wildman–Crippen LogP) is 2.48. The van der Waals surface area contributed by atoms with E-state index >= 15 is 0 Å². The smallest absolute Gasteiger partial charge is 0.226 e. The Hall–Kier alpha value is -1.58. The van der Waals surface area contributed by atoms with E-state index in [2.05, 4.69) is 22.6 Å². The molecule has 104 valence electrons. The second kappa shape index (κ2) is 6.55. The summed E-state index contributed by atoms with van der Waals surface area (Å²) in [5, 5.41) is 0. The quantitative estimate of drug-likeness (QED) is 0.781. The third-order valence-electron chi connectivity index (χ3n) is 3.69. The van der Waals surface area contributed by atoms with E-state index in [1.807, 2.05) is 30.4 Å². The van der Waals surface area contributed by atoms with E-state index in [4.69, 9.17) is 0 Å². The Kier molecular flexibility index (Phi) is 4.77. The highest BCUT2D eigenvalue weighted by molar-refractivity contribution is 5.77. The molecular weight excluding hydrogens is 238 g/mol. The molecule has 1 aromatic heterocycles. The lowest BCUT2D eigenvalue weighted by Crippen LogP contribution is -2.39. The van der Waals surface area contributed by atoms with Crippen LogP contribution in [0.5, 0.6) is 0 Å². The highest BCUT2D eigenvalue weighted by atomic mass is 16.2. The second-order valence-electron chi connectivity index (χ2n) is 5.16. The molecule has 0 spiro atoms. The molecule has 1 saturated heterocycles. The summed E-state index contributed by atoms with van der Waals surface area (Å²) in [4.78, 5) is 18.5. The zero-order chi connectivity index (χ0) is 13.7. The van der Waals surface area contributed by atoms with Gasteiger partial charge in [-0.25, -0.2) is 4.98 Å². The predicted molar refractivity (Wildman–Crippen MR) is 75.8 cm³/mol. The van der Waals surface area contributed by atoms with Crippen molar-refractivity contribution >= 4 is 5.91 Å². The molecule has 1 aliphatic rings. The highest BCUT2D eigenvalue weighted by Crippen LogP contribution is 2.25. The van der Waals surface area contributed by atoms with Gasteiger partial charge in [-0.2, -0.15) is 0 Å². The molecule has 0 bridgehead atoms. The van der Waals surface area contributed by atoms with Crippen molar-refractivity contribution in [2.45, 2.75) is 38.5 Å². The summed E-state index contributed by atoms with van der Waals surface area (Å²) in [5.74, 6) is 1.72. The number of aryl methyl sites for hydroxylation is 1. The van der Waals surface area contributed by atoms with Gasteiger partial charge in [0.1, 0.15) is 5.82 Å². The minimum absolute atomic E-state index is 0.239. The normalized spacial score (nSPS) is 20.1. The first kappa shape index (κ1) is 13.8. The van der Waals surface area contributed by atoms with E-state index in [9.17, 15) is 4.79 Å². The summed E-state index contributed by atoms with van der Waals surface area (Å²) >= 11 is 0. The maximum absolute atomic E-state index is 12.1. The molecule has 2 rings (SSSR count). The summed E-state index contributed by atoms with van der Waals surface area (Å²) < 4.78 is 2.07. The number of amides is 1. The molecule has 0 N–H and O–H groups in total. The van der Waals surface area contributed by atoms with Crippen molar-refractivity contribution in [3.05, 3.63) is 30.4 Å². The van der Waals surface area contributed by atoms with Crippen LogP contribution in [0.4, 0.5) is 0 Å². The Morgan fingerprint density at radius 1 is 1.53 bits per heavy atom. The van der Waals surface area contributed by atoms with Gasteiger partial charge in [0.05, 0.1) is 0 Å². The minimum Gasteiger partial charge on any atom is -0.342 e. The van der Waals surface area contributed by atoms with E-state index < -0.39 is 0 Å². The van der Waals surface area contributed by atoms with Crippen molar-refractivity contribution in [1.82, 2.24) is 14.5 Å². The standard InChI is InChI=1S/C15H23N3O/c1-3-4-5-8-14(19)18-10-6-7-13(12-18)15-16-9-11-17(15)2/h4-5,9,11,13H,3,6-8,10,12H2,1-2H3/b5-4+. The van der Waals surface area contributed by atoms with Crippen LogP contribution in [0, 0.1) is 0 Å². The maximum atomic E-state index is 12.1. The monoisotopic (exact) mass is 261 g/mol. The molecular formula is C15H23N3O. The first-order valence-corrected chi connectivity index (χ1v) is 7.12. The van der Waals surface area contributed by atoms with Gasteiger partial charge in [0, 0.05) is 44.9 Å². The molecule has 2 heterocycles. The van der Waals surface area contributed by atoms with Gasteiger partial charge in [0.2, 0.25) is 5.91 Å². The third-order valence-corrected chi connectivity index (χ3v) is 3.69. The minimum atomic E-state index is 0.239. The molecule has 0 radical (unpaired) electrons. The SMILES string of the molecule is CC/C=C/CC(=O)N1CCCC(c2nccn2C)C1. The van der Waals surface area contributed by atoms with Gasteiger partial charge in [0.25, 0.3) is 0 Å². The van der Waals surface area contributed by atoms with E-state index in [1.54, 1.807) is 0 Å². The number of allylic oxidation sites excluding steroid dienone is 1. The van der Waals surface area contributed by atoms with E-state index in [1.165, 1.54) is 0 Å². The Balaban J connectivity index is 1.95. The van der Waals surface area contributed by atoms with Gasteiger partial charge < -0.3 is 9.47 Å². The zero-order valence-electron chi connectivity index (χ0n) is 11.9. The van der Waals surface area contributed by atoms with Crippen LogP contribution in [0.25, 0.3) is 0 Å². The molecule has 1 unspecified atom stereocenters. The highest BCUT2D eigenvalue weighted by Gasteiger charge is 2.26. The van der Waals surface area contributed by atoms with Gasteiger partial charge in [-0.3, -0.25) is 4.79 Å². The largest absolute Gasteiger partial charge is 0.342 e. The van der Waals surface area contributed by atoms with Crippen molar-refractivity contribution in [2.24, 2.45) is 7.05 Å². The lowest BCUT2D eigenvalue weighted by molar-refractivity contribution is -0.131. The Morgan fingerprint density at radius 3 is 3.05 bits per heavy atom. The number of aromatic nitrogens is 2. The fraction of sp³-hybridized carbons (Fsp3) is 0.600. The number of hydrogen-bond acceptors (Lipinski definition) is 2. The van der Waals surface area contributed by atoms with Crippen LogP contribution < -0.4 is 0 Å². The zero-order valence-corrected chi connectivity index (χ0v) is 11.9. The fourth-order valence-electron chi connectivity index (χ4n) is 2.66. The number of imidazole rings is 1. The molecule has 1 aliphatic heterocycles. The number of carbonyl (C=O) groups is 1. The van der Waals surface area contributed by atoms with Crippen LogP contribution in [-0.2, 0) is 11.8 Å². The third kappa shape index (κ3) is 3.46. The summed E-state index contributed by atoms with van der Waals surface area (Å²) in [6.07, 6.45) is 11.6. The fourth-order valence-corrected chi connectivity index (χ4v) is 2.66. The van der Waals surface area contributed by atoms with Gasteiger partial charge in [-0.1, -0.05) is 19.1 Å². The van der Waals surface area contributed by atoms with Gasteiger partial charge in [0.15, 0.2) is 0 Å². The van der Waals surface area contributed by atoms with Crippen LogP contribution >= 0.6 is 0 Å². The first-order chi connectivity index (χ1) is 9.22. The average molecular weight is 261 g/mol. The maximum Gasteiger partial charge on any atom is 0.226 e. The average Bonchev–Trinajstić information content (AvgIpc) is 2.85. The van der Waals surface area contributed by atoms with Crippen molar-refractivity contribution < 1.29 is 4.79 Å². The van der Waals surface area contributed by atoms with Crippen LogP contribution in [0.1, 0.15) is 44.3 Å². The van der Waals surface area contributed by atoms with E-state index in [0.717, 1.165) is 38.2 Å². The molecule has 4 heteroatoms. The Labute approximate surface area is 115 Å². The molecule has 0 aromatic carbocycles. The lowest BCUT2D eigenvalue weighted by Gasteiger charge is -2.32. The Morgan fingerprint density at radius 2 is 2.37 bits per heavy atom. The molecule has 19 heavy (non-hydrogen) atoms. The molecule has 4 nitrogen and oxygen atoms in total. The van der Waals surface area contributed by atoms with E-state index in [-0.39, 0.29) is 5.91 Å².